The lowest BCUT2D eigenvalue weighted by molar-refractivity contribution is -0.145. The number of hydrogen-bond donors (Lipinski definition) is 0. The molecule has 3 rings (SSSR count). The van der Waals surface area contributed by atoms with Crippen LogP contribution in [0.3, 0.4) is 0 Å². The number of hydrogen-bond acceptors (Lipinski definition) is 5. The molecule has 0 aromatic heterocycles. The van der Waals surface area contributed by atoms with Crippen LogP contribution in [0, 0.1) is 0 Å². The summed E-state index contributed by atoms with van der Waals surface area (Å²) < 4.78 is 5.13. The Balaban J connectivity index is 2.01. The Labute approximate surface area is 144 Å². The molecule has 1 saturated heterocycles. The van der Waals surface area contributed by atoms with Crippen molar-refractivity contribution in [3.63, 3.8) is 0 Å². The third-order valence-electron chi connectivity index (χ3n) is 4.37. The summed E-state index contributed by atoms with van der Waals surface area (Å²) in [6, 6.07) is 6.28. The van der Waals surface area contributed by atoms with Gasteiger partial charge in [0, 0.05) is 11.6 Å². The highest BCUT2D eigenvalue weighted by atomic mass is 35.5. The van der Waals surface area contributed by atoms with Gasteiger partial charge in [-0.05, 0) is 43.9 Å². The molecular formula is C18H18ClNO4. The molecule has 6 heteroatoms. The van der Waals surface area contributed by atoms with E-state index in [1.54, 1.807) is 36.1 Å². The van der Waals surface area contributed by atoms with Gasteiger partial charge in [-0.1, -0.05) is 23.7 Å². The van der Waals surface area contributed by atoms with Crippen molar-refractivity contribution in [1.29, 1.82) is 0 Å². The number of carbonyl (C=O) groups excluding carboxylic acids is 1. The van der Waals surface area contributed by atoms with Crippen LogP contribution in [-0.2, 0) is 9.53 Å². The number of ether oxygens (including phenoxy) is 1. The minimum Gasteiger partial charge on any atom is -0.464 e. The molecule has 126 valence electrons. The van der Waals surface area contributed by atoms with Crippen LogP contribution in [0.15, 0.2) is 33.9 Å². The molecule has 0 aliphatic carbocycles. The normalized spacial score (nSPS) is 17.9. The zero-order valence-corrected chi connectivity index (χ0v) is 14.1. The first-order valence-corrected chi connectivity index (χ1v) is 8.45. The monoisotopic (exact) mass is 347 g/mol. The molecule has 1 aliphatic heterocycles. The van der Waals surface area contributed by atoms with Gasteiger partial charge in [0.15, 0.2) is 0 Å². The Hall–Kier alpha value is -2.14. The van der Waals surface area contributed by atoms with Gasteiger partial charge in [-0.3, -0.25) is 9.59 Å². The molecule has 5 nitrogen and oxygen atoms in total. The highest BCUT2D eigenvalue weighted by Gasteiger charge is 2.36. The standard InChI is InChI=1S/C18H18ClNO4/c1-2-24-18(23)13-5-3-4-10-20(13)15-14(16(21)17(15)22)11-6-8-12(19)9-7-11/h6-9,13H,2-5,10H2,1H3/t13-/m1/s1. The molecule has 1 heterocycles. The van der Waals surface area contributed by atoms with Gasteiger partial charge in [-0.25, -0.2) is 4.79 Å². The first-order chi connectivity index (χ1) is 11.5. The van der Waals surface area contributed by atoms with Gasteiger partial charge >= 0.3 is 5.97 Å². The molecule has 0 amide bonds. The number of benzene rings is 1. The molecule has 0 N–H and O–H groups in total. The molecule has 2 aromatic carbocycles. The summed E-state index contributed by atoms with van der Waals surface area (Å²) in [5, 5.41) is 0.557. The van der Waals surface area contributed by atoms with Crippen molar-refractivity contribution in [1.82, 2.24) is 0 Å². The Morgan fingerprint density at radius 2 is 1.92 bits per heavy atom. The second kappa shape index (κ2) is 6.77. The summed E-state index contributed by atoms with van der Waals surface area (Å²) in [5.74, 6) is -0.340. The number of piperidine rings is 1. The topological polar surface area (TPSA) is 63.7 Å². The number of esters is 1. The minimum atomic E-state index is -0.531. The number of carbonyl (C=O) groups is 1. The van der Waals surface area contributed by atoms with Crippen LogP contribution in [0.1, 0.15) is 26.2 Å². The van der Waals surface area contributed by atoms with Gasteiger partial charge in [0.1, 0.15) is 11.7 Å². The fourth-order valence-corrected chi connectivity index (χ4v) is 3.35. The first-order valence-electron chi connectivity index (χ1n) is 8.07. The van der Waals surface area contributed by atoms with Crippen molar-refractivity contribution in [2.24, 2.45) is 0 Å². The average Bonchev–Trinajstić information content (AvgIpc) is 2.60. The fourth-order valence-electron chi connectivity index (χ4n) is 3.22. The van der Waals surface area contributed by atoms with E-state index >= 15 is 0 Å². The third-order valence-corrected chi connectivity index (χ3v) is 4.62. The Kier molecular flexibility index (Phi) is 4.71. The maximum atomic E-state index is 12.2. The van der Waals surface area contributed by atoms with Crippen molar-refractivity contribution >= 4 is 23.3 Å². The van der Waals surface area contributed by atoms with E-state index in [-0.39, 0.29) is 5.97 Å². The van der Waals surface area contributed by atoms with Gasteiger partial charge in [0.2, 0.25) is 10.9 Å². The molecular weight excluding hydrogens is 330 g/mol. The van der Waals surface area contributed by atoms with Crippen molar-refractivity contribution < 1.29 is 9.53 Å². The van der Waals surface area contributed by atoms with Gasteiger partial charge in [0.05, 0.1) is 12.2 Å². The zero-order valence-electron chi connectivity index (χ0n) is 13.4. The van der Waals surface area contributed by atoms with E-state index in [9.17, 15) is 14.4 Å². The van der Waals surface area contributed by atoms with E-state index in [2.05, 4.69) is 0 Å². The van der Waals surface area contributed by atoms with E-state index < -0.39 is 16.9 Å². The number of anilines is 1. The molecule has 0 radical (unpaired) electrons. The summed E-state index contributed by atoms with van der Waals surface area (Å²) in [6.45, 7) is 2.61. The number of rotatable bonds is 4. The fraction of sp³-hybridized carbons (Fsp3) is 0.389. The van der Waals surface area contributed by atoms with E-state index in [0.717, 1.165) is 12.8 Å². The number of halogens is 1. The molecule has 24 heavy (non-hydrogen) atoms. The Morgan fingerprint density at radius 3 is 2.58 bits per heavy atom. The lowest BCUT2D eigenvalue weighted by Crippen LogP contribution is -2.52. The molecule has 0 bridgehead atoms. The highest BCUT2D eigenvalue weighted by Crippen LogP contribution is 2.32. The maximum Gasteiger partial charge on any atom is 0.328 e. The second-order valence-electron chi connectivity index (χ2n) is 5.85. The van der Waals surface area contributed by atoms with E-state index in [1.165, 1.54) is 0 Å². The van der Waals surface area contributed by atoms with Crippen LogP contribution >= 0.6 is 11.6 Å². The van der Waals surface area contributed by atoms with Crippen LogP contribution in [0.5, 0.6) is 0 Å². The summed E-state index contributed by atoms with van der Waals surface area (Å²) in [6.07, 6.45) is 2.39. The summed E-state index contributed by atoms with van der Waals surface area (Å²) in [4.78, 5) is 38.3. The Bertz CT molecular complexity index is 821. The van der Waals surface area contributed by atoms with Gasteiger partial charge < -0.3 is 9.64 Å². The average molecular weight is 348 g/mol. The predicted octanol–water partition coefficient (Wildman–Crippen LogP) is 2.53. The summed E-state index contributed by atoms with van der Waals surface area (Å²) in [7, 11) is 0. The van der Waals surface area contributed by atoms with Crippen molar-refractivity contribution in [3.05, 3.63) is 49.7 Å². The third kappa shape index (κ3) is 2.84. The van der Waals surface area contributed by atoms with Crippen molar-refractivity contribution in [2.45, 2.75) is 32.2 Å². The molecule has 1 aliphatic rings. The van der Waals surface area contributed by atoms with Gasteiger partial charge in [-0.15, -0.1) is 0 Å². The SMILES string of the molecule is CCOC(=O)[C@H]1CCCCN1c1c(-c2ccc(Cl)cc2)c(=O)c1=O. The first kappa shape index (κ1) is 16.7. The summed E-state index contributed by atoms with van der Waals surface area (Å²) >= 11 is 5.89. The van der Waals surface area contributed by atoms with Crippen LogP contribution in [0.4, 0.5) is 5.69 Å². The number of nitrogens with zero attached hydrogens (tertiary/aromatic N) is 1. The van der Waals surface area contributed by atoms with E-state index in [4.69, 9.17) is 16.3 Å². The zero-order chi connectivity index (χ0) is 17.3. The second-order valence-corrected chi connectivity index (χ2v) is 6.28. The molecule has 1 atom stereocenters. The van der Waals surface area contributed by atoms with Gasteiger partial charge in [0.25, 0.3) is 0 Å². The lowest BCUT2D eigenvalue weighted by atomic mass is 9.93. The van der Waals surface area contributed by atoms with E-state index in [0.29, 0.717) is 41.4 Å². The molecule has 2 aromatic rings. The highest BCUT2D eigenvalue weighted by molar-refractivity contribution is 6.30. The molecule has 1 fully saturated rings. The van der Waals surface area contributed by atoms with Crippen LogP contribution in [0.2, 0.25) is 5.02 Å². The van der Waals surface area contributed by atoms with Crippen molar-refractivity contribution in [2.75, 3.05) is 18.1 Å². The molecule has 0 unspecified atom stereocenters. The van der Waals surface area contributed by atoms with Gasteiger partial charge in [-0.2, -0.15) is 0 Å². The Morgan fingerprint density at radius 1 is 1.21 bits per heavy atom. The minimum absolute atomic E-state index is 0.291. The van der Waals surface area contributed by atoms with E-state index in [1.807, 2.05) is 0 Å². The quantitative estimate of drug-likeness (QED) is 0.628. The predicted molar refractivity (Wildman–Crippen MR) is 93.4 cm³/mol. The smallest absolute Gasteiger partial charge is 0.328 e. The van der Waals surface area contributed by atoms with Crippen LogP contribution in [0.25, 0.3) is 11.1 Å². The van der Waals surface area contributed by atoms with Crippen LogP contribution in [-0.4, -0.2) is 25.2 Å². The molecule has 0 saturated carbocycles. The molecule has 0 spiro atoms. The largest absolute Gasteiger partial charge is 0.464 e. The maximum absolute atomic E-state index is 12.2. The lowest BCUT2D eigenvalue weighted by Gasteiger charge is -2.37. The summed E-state index contributed by atoms with van der Waals surface area (Å²) in [5.41, 5.74) is 0.303. The van der Waals surface area contributed by atoms with Crippen molar-refractivity contribution in [3.8, 4) is 11.1 Å². The van der Waals surface area contributed by atoms with Crippen LogP contribution < -0.4 is 15.8 Å².